The average Bonchev–Trinajstić information content (AvgIpc) is 2.03. The van der Waals surface area contributed by atoms with Crippen LogP contribution in [0.2, 0.25) is 0 Å². The zero-order valence-electron chi connectivity index (χ0n) is 9.02. The molecular weight excluding hydrogens is 152 g/mol. The van der Waals surface area contributed by atoms with Crippen LogP contribution in [0.3, 0.4) is 0 Å². The summed E-state index contributed by atoms with van der Waals surface area (Å²) in [7, 11) is 1.69. The first kappa shape index (κ1) is 11.9. The van der Waals surface area contributed by atoms with Crippen molar-refractivity contribution in [1.29, 1.82) is 0 Å². The van der Waals surface area contributed by atoms with Gasteiger partial charge in [-0.15, -0.1) is 0 Å². The molecule has 0 spiro atoms. The highest BCUT2D eigenvalue weighted by molar-refractivity contribution is 4.58. The Balaban J connectivity index is 3.58. The minimum atomic E-state index is -0.380. The molecule has 2 heteroatoms. The standard InChI is InChI=1S/C10H22O2/c1-6-10(4,11-5)12-8-7-9(2)3/h9H,6-8H2,1-5H3. The van der Waals surface area contributed by atoms with Crippen LogP contribution >= 0.6 is 0 Å². The van der Waals surface area contributed by atoms with E-state index in [1.54, 1.807) is 7.11 Å². The Morgan fingerprint density at radius 3 is 2.25 bits per heavy atom. The molecule has 0 aromatic carbocycles. The van der Waals surface area contributed by atoms with Crippen LogP contribution in [-0.4, -0.2) is 19.5 Å². The van der Waals surface area contributed by atoms with Crippen molar-refractivity contribution in [1.82, 2.24) is 0 Å². The van der Waals surface area contributed by atoms with Gasteiger partial charge in [0.25, 0.3) is 0 Å². The molecule has 1 unspecified atom stereocenters. The van der Waals surface area contributed by atoms with Crippen molar-refractivity contribution in [2.75, 3.05) is 13.7 Å². The molecule has 0 aliphatic heterocycles. The molecule has 1 atom stereocenters. The van der Waals surface area contributed by atoms with Crippen molar-refractivity contribution in [3.63, 3.8) is 0 Å². The minimum Gasteiger partial charge on any atom is -0.353 e. The third-order valence-corrected chi connectivity index (χ3v) is 2.18. The number of hydrogen-bond acceptors (Lipinski definition) is 2. The maximum Gasteiger partial charge on any atom is 0.164 e. The van der Waals surface area contributed by atoms with E-state index in [-0.39, 0.29) is 5.79 Å². The summed E-state index contributed by atoms with van der Waals surface area (Å²) in [6.45, 7) is 9.22. The van der Waals surface area contributed by atoms with Gasteiger partial charge in [0, 0.05) is 7.11 Å². The summed E-state index contributed by atoms with van der Waals surface area (Å²) in [6, 6.07) is 0. The predicted molar refractivity (Wildman–Crippen MR) is 51.1 cm³/mol. The predicted octanol–water partition coefficient (Wildman–Crippen LogP) is 2.82. The van der Waals surface area contributed by atoms with Crippen molar-refractivity contribution >= 4 is 0 Å². The van der Waals surface area contributed by atoms with Crippen LogP contribution in [0.1, 0.15) is 40.5 Å². The first-order valence-electron chi connectivity index (χ1n) is 4.73. The molecule has 0 amide bonds. The SMILES string of the molecule is CCC(C)(OC)OCCC(C)C. The third kappa shape index (κ3) is 4.73. The lowest BCUT2D eigenvalue weighted by atomic mass is 10.1. The van der Waals surface area contributed by atoms with Gasteiger partial charge in [-0.1, -0.05) is 20.8 Å². The van der Waals surface area contributed by atoms with Gasteiger partial charge in [0.05, 0.1) is 6.61 Å². The zero-order valence-corrected chi connectivity index (χ0v) is 9.02. The highest BCUT2D eigenvalue weighted by atomic mass is 16.7. The summed E-state index contributed by atoms with van der Waals surface area (Å²) in [5.74, 6) is 0.317. The number of rotatable bonds is 6. The van der Waals surface area contributed by atoms with Crippen molar-refractivity contribution in [2.45, 2.75) is 46.3 Å². The Bertz CT molecular complexity index is 106. The normalized spacial score (nSPS) is 16.5. The second-order valence-electron chi connectivity index (χ2n) is 3.72. The highest BCUT2D eigenvalue weighted by Gasteiger charge is 2.20. The first-order valence-corrected chi connectivity index (χ1v) is 4.73. The molecule has 0 saturated carbocycles. The minimum absolute atomic E-state index is 0.380. The molecule has 0 aliphatic rings. The summed E-state index contributed by atoms with van der Waals surface area (Å²) < 4.78 is 10.9. The highest BCUT2D eigenvalue weighted by Crippen LogP contribution is 2.16. The molecular formula is C10H22O2. The van der Waals surface area contributed by atoms with Crippen LogP contribution in [0, 0.1) is 5.92 Å². The first-order chi connectivity index (χ1) is 5.54. The quantitative estimate of drug-likeness (QED) is 0.576. The van der Waals surface area contributed by atoms with Gasteiger partial charge < -0.3 is 9.47 Å². The molecule has 0 N–H and O–H groups in total. The van der Waals surface area contributed by atoms with Crippen LogP contribution in [0.25, 0.3) is 0 Å². The Kier molecular flexibility index (Phi) is 5.51. The van der Waals surface area contributed by atoms with E-state index in [0.717, 1.165) is 19.4 Å². The molecule has 12 heavy (non-hydrogen) atoms. The van der Waals surface area contributed by atoms with Gasteiger partial charge >= 0.3 is 0 Å². The molecule has 0 aliphatic carbocycles. The zero-order chi connectivity index (χ0) is 9.61. The van der Waals surface area contributed by atoms with E-state index in [1.807, 2.05) is 6.92 Å². The summed E-state index contributed by atoms with van der Waals surface area (Å²) in [5.41, 5.74) is 0. The van der Waals surface area contributed by atoms with Gasteiger partial charge in [0.1, 0.15) is 0 Å². The molecule has 0 aromatic heterocycles. The number of ether oxygens (including phenoxy) is 2. The van der Waals surface area contributed by atoms with Crippen LogP contribution in [0.15, 0.2) is 0 Å². The topological polar surface area (TPSA) is 18.5 Å². The summed E-state index contributed by atoms with van der Waals surface area (Å²) >= 11 is 0. The molecule has 0 fully saturated rings. The van der Waals surface area contributed by atoms with E-state index >= 15 is 0 Å². The molecule has 0 bridgehead atoms. The van der Waals surface area contributed by atoms with E-state index < -0.39 is 0 Å². The third-order valence-electron chi connectivity index (χ3n) is 2.18. The van der Waals surface area contributed by atoms with E-state index in [4.69, 9.17) is 9.47 Å². The maximum atomic E-state index is 5.62. The van der Waals surface area contributed by atoms with E-state index in [9.17, 15) is 0 Å². The summed E-state index contributed by atoms with van der Waals surface area (Å²) in [5, 5.41) is 0. The Hall–Kier alpha value is -0.0800. The Morgan fingerprint density at radius 1 is 1.33 bits per heavy atom. The van der Waals surface area contributed by atoms with Crippen LogP contribution < -0.4 is 0 Å². The van der Waals surface area contributed by atoms with Crippen molar-refractivity contribution in [2.24, 2.45) is 5.92 Å². The molecule has 0 aromatic rings. The van der Waals surface area contributed by atoms with E-state index in [0.29, 0.717) is 5.92 Å². The van der Waals surface area contributed by atoms with Crippen molar-refractivity contribution in [3.05, 3.63) is 0 Å². The molecule has 2 nitrogen and oxygen atoms in total. The van der Waals surface area contributed by atoms with Gasteiger partial charge in [-0.05, 0) is 25.7 Å². The fraction of sp³-hybridized carbons (Fsp3) is 1.00. The Labute approximate surface area is 76.3 Å². The number of hydrogen-bond donors (Lipinski definition) is 0. The van der Waals surface area contributed by atoms with Gasteiger partial charge in [-0.3, -0.25) is 0 Å². The molecule has 0 radical (unpaired) electrons. The van der Waals surface area contributed by atoms with E-state index in [2.05, 4.69) is 20.8 Å². The fourth-order valence-electron chi connectivity index (χ4n) is 0.816. The van der Waals surface area contributed by atoms with Crippen molar-refractivity contribution < 1.29 is 9.47 Å². The molecule has 0 rings (SSSR count). The maximum absolute atomic E-state index is 5.62. The molecule has 74 valence electrons. The lowest BCUT2D eigenvalue weighted by molar-refractivity contribution is -0.212. The smallest absolute Gasteiger partial charge is 0.164 e. The lowest BCUT2D eigenvalue weighted by Gasteiger charge is -2.27. The van der Waals surface area contributed by atoms with Gasteiger partial charge in [-0.25, -0.2) is 0 Å². The van der Waals surface area contributed by atoms with Crippen LogP contribution in [0.4, 0.5) is 0 Å². The summed E-state index contributed by atoms with van der Waals surface area (Å²) in [4.78, 5) is 0. The van der Waals surface area contributed by atoms with E-state index in [1.165, 1.54) is 0 Å². The second-order valence-corrected chi connectivity index (χ2v) is 3.72. The van der Waals surface area contributed by atoms with Crippen LogP contribution in [0.5, 0.6) is 0 Å². The lowest BCUT2D eigenvalue weighted by Crippen LogP contribution is -2.30. The number of methoxy groups -OCH3 is 1. The van der Waals surface area contributed by atoms with Gasteiger partial charge in [0.15, 0.2) is 5.79 Å². The fourth-order valence-corrected chi connectivity index (χ4v) is 0.816. The van der Waals surface area contributed by atoms with Crippen molar-refractivity contribution in [3.8, 4) is 0 Å². The summed E-state index contributed by atoms with van der Waals surface area (Å²) in [6.07, 6.45) is 1.99. The largest absolute Gasteiger partial charge is 0.353 e. The van der Waals surface area contributed by atoms with Crippen LogP contribution in [-0.2, 0) is 9.47 Å². The average molecular weight is 174 g/mol. The van der Waals surface area contributed by atoms with Gasteiger partial charge in [-0.2, -0.15) is 0 Å². The Morgan fingerprint density at radius 2 is 1.92 bits per heavy atom. The van der Waals surface area contributed by atoms with Gasteiger partial charge in [0.2, 0.25) is 0 Å². The molecule has 0 heterocycles. The monoisotopic (exact) mass is 174 g/mol. The molecule has 0 saturated heterocycles. The second kappa shape index (κ2) is 5.55.